The van der Waals surface area contributed by atoms with Crippen LogP contribution < -0.4 is 0 Å². The Bertz CT molecular complexity index is 518. The summed E-state index contributed by atoms with van der Waals surface area (Å²) >= 11 is 7.47. The molecule has 4 heteroatoms. The Labute approximate surface area is 97.1 Å². The highest BCUT2D eigenvalue weighted by molar-refractivity contribution is 7.17. The lowest BCUT2D eigenvalue weighted by Gasteiger charge is -2.08. The largest absolute Gasteiger partial charge is 0.345 e. The van der Waals surface area contributed by atoms with Gasteiger partial charge in [0, 0.05) is 34.6 Å². The molecule has 15 heavy (non-hydrogen) atoms. The van der Waals surface area contributed by atoms with Gasteiger partial charge in [-0.3, -0.25) is 4.79 Å². The monoisotopic (exact) mass is 239 g/mol. The lowest BCUT2D eigenvalue weighted by Crippen LogP contribution is -2.21. The van der Waals surface area contributed by atoms with Crippen LogP contribution in [0.15, 0.2) is 23.6 Å². The number of amides is 1. The Morgan fingerprint density at radius 3 is 2.80 bits per heavy atom. The van der Waals surface area contributed by atoms with E-state index in [4.69, 9.17) is 11.6 Å². The van der Waals surface area contributed by atoms with E-state index in [1.807, 2.05) is 23.6 Å². The van der Waals surface area contributed by atoms with Crippen LogP contribution in [0.4, 0.5) is 0 Å². The van der Waals surface area contributed by atoms with Crippen molar-refractivity contribution in [1.29, 1.82) is 0 Å². The normalized spacial score (nSPS) is 10.6. The van der Waals surface area contributed by atoms with E-state index in [-0.39, 0.29) is 5.91 Å². The fourth-order valence-corrected chi connectivity index (χ4v) is 2.50. The summed E-state index contributed by atoms with van der Waals surface area (Å²) in [5.74, 6) is 0.0171. The van der Waals surface area contributed by atoms with Crippen LogP contribution in [0.1, 0.15) is 10.4 Å². The first-order chi connectivity index (χ1) is 7.09. The van der Waals surface area contributed by atoms with E-state index in [1.54, 1.807) is 30.3 Å². The van der Waals surface area contributed by atoms with Gasteiger partial charge in [0.25, 0.3) is 5.91 Å². The number of hydrogen-bond donors (Lipinski definition) is 0. The number of benzene rings is 1. The summed E-state index contributed by atoms with van der Waals surface area (Å²) in [5.41, 5.74) is 0.725. The third kappa shape index (κ3) is 1.85. The van der Waals surface area contributed by atoms with Crippen LogP contribution in [0, 0.1) is 0 Å². The minimum Gasteiger partial charge on any atom is -0.345 e. The Hall–Kier alpha value is -1.06. The molecule has 2 rings (SSSR count). The number of carbonyl (C=O) groups is 1. The summed E-state index contributed by atoms with van der Waals surface area (Å²) in [7, 11) is 3.49. The molecule has 0 bridgehead atoms. The van der Waals surface area contributed by atoms with Gasteiger partial charge in [-0.1, -0.05) is 11.6 Å². The molecule has 1 heterocycles. The lowest BCUT2D eigenvalue weighted by atomic mass is 10.1. The molecule has 0 aliphatic carbocycles. The van der Waals surface area contributed by atoms with Crippen molar-refractivity contribution in [3.05, 3.63) is 34.2 Å². The molecule has 1 aromatic heterocycles. The Balaban J connectivity index is 2.62. The molecule has 0 unspecified atom stereocenters. The topological polar surface area (TPSA) is 20.3 Å². The summed E-state index contributed by atoms with van der Waals surface area (Å²) in [6.07, 6.45) is 0. The molecule has 0 spiro atoms. The molecule has 1 amide bonds. The van der Waals surface area contributed by atoms with Crippen molar-refractivity contribution in [2.24, 2.45) is 0 Å². The van der Waals surface area contributed by atoms with Crippen LogP contribution in [0.2, 0.25) is 5.02 Å². The number of thiophene rings is 1. The number of nitrogens with zero attached hydrogens (tertiary/aromatic N) is 1. The smallest absolute Gasteiger partial charge is 0.254 e. The van der Waals surface area contributed by atoms with Gasteiger partial charge in [-0.15, -0.1) is 11.3 Å². The molecule has 0 saturated carbocycles. The summed E-state index contributed by atoms with van der Waals surface area (Å²) < 4.78 is 1.09. The van der Waals surface area contributed by atoms with E-state index in [9.17, 15) is 4.79 Å². The van der Waals surface area contributed by atoms with Crippen LogP contribution in [-0.4, -0.2) is 24.9 Å². The van der Waals surface area contributed by atoms with Gasteiger partial charge in [0.15, 0.2) is 0 Å². The molecule has 78 valence electrons. The summed E-state index contributed by atoms with van der Waals surface area (Å²) in [6, 6.07) is 5.61. The van der Waals surface area contributed by atoms with Gasteiger partial charge in [-0.25, -0.2) is 0 Å². The van der Waals surface area contributed by atoms with Crippen LogP contribution in [-0.2, 0) is 0 Å². The average Bonchev–Trinajstić information content (AvgIpc) is 2.59. The number of carbonyl (C=O) groups excluding carboxylic acids is 1. The van der Waals surface area contributed by atoms with Gasteiger partial charge in [0.1, 0.15) is 0 Å². The number of halogens is 1. The van der Waals surface area contributed by atoms with Crippen LogP contribution >= 0.6 is 22.9 Å². The Morgan fingerprint density at radius 2 is 2.13 bits per heavy atom. The first-order valence-electron chi connectivity index (χ1n) is 4.48. The van der Waals surface area contributed by atoms with Crippen molar-refractivity contribution in [1.82, 2.24) is 4.90 Å². The van der Waals surface area contributed by atoms with Crippen molar-refractivity contribution in [2.45, 2.75) is 0 Å². The third-order valence-corrected chi connectivity index (χ3v) is 3.37. The molecule has 1 aromatic carbocycles. The SMILES string of the molecule is CN(C)C(=O)c1csc2ccc(Cl)cc12. The molecule has 0 atom stereocenters. The minimum atomic E-state index is 0.0171. The maximum atomic E-state index is 11.8. The third-order valence-electron chi connectivity index (χ3n) is 2.17. The number of fused-ring (bicyclic) bond motifs is 1. The molecule has 0 radical (unpaired) electrons. The first kappa shape index (κ1) is 10.5. The number of hydrogen-bond acceptors (Lipinski definition) is 2. The molecule has 0 aliphatic rings. The molecular formula is C11H10ClNOS. The van der Waals surface area contributed by atoms with E-state index >= 15 is 0 Å². The first-order valence-corrected chi connectivity index (χ1v) is 5.74. The second-order valence-corrected chi connectivity index (χ2v) is 4.84. The zero-order valence-corrected chi connectivity index (χ0v) is 10.0. The van der Waals surface area contributed by atoms with Gasteiger partial charge in [0.05, 0.1) is 5.56 Å². The van der Waals surface area contributed by atoms with E-state index in [2.05, 4.69) is 0 Å². The quantitative estimate of drug-likeness (QED) is 0.748. The van der Waals surface area contributed by atoms with E-state index in [1.165, 1.54) is 0 Å². The van der Waals surface area contributed by atoms with Crippen molar-refractivity contribution in [3.8, 4) is 0 Å². The van der Waals surface area contributed by atoms with Crippen LogP contribution in [0.5, 0.6) is 0 Å². The van der Waals surface area contributed by atoms with Gasteiger partial charge >= 0.3 is 0 Å². The van der Waals surface area contributed by atoms with Crippen molar-refractivity contribution < 1.29 is 4.79 Å². The highest BCUT2D eigenvalue weighted by Crippen LogP contribution is 2.29. The standard InChI is InChI=1S/C11H10ClNOS/c1-13(2)11(14)9-6-15-10-4-3-7(12)5-8(9)10/h3-6H,1-2H3. The molecule has 2 aromatic rings. The Morgan fingerprint density at radius 1 is 1.40 bits per heavy atom. The zero-order valence-electron chi connectivity index (χ0n) is 8.45. The molecule has 0 aliphatic heterocycles. The van der Waals surface area contributed by atoms with Crippen LogP contribution in [0.3, 0.4) is 0 Å². The molecule has 0 N–H and O–H groups in total. The lowest BCUT2D eigenvalue weighted by molar-refractivity contribution is 0.0830. The van der Waals surface area contributed by atoms with Crippen molar-refractivity contribution >= 4 is 38.9 Å². The summed E-state index contributed by atoms with van der Waals surface area (Å²) in [4.78, 5) is 13.4. The maximum Gasteiger partial charge on any atom is 0.254 e. The Kier molecular flexibility index (Phi) is 2.67. The van der Waals surface area contributed by atoms with Gasteiger partial charge in [-0.05, 0) is 18.2 Å². The molecular weight excluding hydrogens is 230 g/mol. The highest BCUT2D eigenvalue weighted by atomic mass is 35.5. The van der Waals surface area contributed by atoms with E-state index in [0.29, 0.717) is 5.02 Å². The summed E-state index contributed by atoms with van der Waals surface area (Å²) in [5, 5.41) is 3.48. The van der Waals surface area contributed by atoms with E-state index < -0.39 is 0 Å². The van der Waals surface area contributed by atoms with Crippen molar-refractivity contribution in [3.63, 3.8) is 0 Å². The fraction of sp³-hybridized carbons (Fsp3) is 0.182. The van der Waals surface area contributed by atoms with E-state index in [0.717, 1.165) is 15.6 Å². The molecule has 0 saturated heterocycles. The molecule has 2 nitrogen and oxygen atoms in total. The second kappa shape index (κ2) is 3.83. The maximum absolute atomic E-state index is 11.8. The number of rotatable bonds is 1. The molecule has 0 fully saturated rings. The zero-order chi connectivity index (χ0) is 11.0. The minimum absolute atomic E-state index is 0.0171. The van der Waals surface area contributed by atoms with Gasteiger partial charge in [0.2, 0.25) is 0 Å². The van der Waals surface area contributed by atoms with Crippen LogP contribution in [0.25, 0.3) is 10.1 Å². The summed E-state index contributed by atoms with van der Waals surface area (Å²) in [6.45, 7) is 0. The second-order valence-electron chi connectivity index (χ2n) is 3.49. The fourth-order valence-electron chi connectivity index (χ4n) is 1.41. The van der Waals surface area contributed by atoms with Gasteiger partial charge < -0.3 is 4.90 Å². The predicted molar refractivity (Wildman–Crippen MR) is 64.9 cm³/mol. The highest BCUT2D eigenvalue weighted by Gasteiger charge is 2.13. The van der Waals surface area contributed by atoms with Crippen molar-refractivity contribution in [2.75, 3.05) is 14.1 Å². The average molecular weight is 240 g/mol. The van der Waals surface area contributed by atoms with Gasteiger partial charge in [-0.2, -0.15) is 0 Å². The predicted octanol–water partition coefficient (Wildman–Crippen LogP) is 3.26.